The van der Waals surface area contributed by atoms with E-state index >= 15 is 0 Å². The normalized spacial score (nSPS) is 11.4. The zero-order valence-electron chi connectivity index (χ0n) is 14.8. The summed E-state index contributed by atoms with van der Waals surface area (Å²) in [5.74, 6) is -0.823. The second-order valence-electron chi connectivity index (χ2n) is 5.77. The van der Waals surface area contributed by atoms with Gasteiger partial charge >= 0.3 is 5.97 Å². The Morgan fingerprint density at radius 2 is 1.81 bits per heavy atom. The zero-order valence-corrected chi connectivity index (χ0v) is 16.4. The van der Waals surface area contributed by atoms with Crippen molar-refractivity contribution in [1.82, 2.24) is 5.32 Å². The predicted octanol–water partition coefficient (Wildman–Crippen LogP) is 4.34. The second-order valence-corrected chi connectivity index (χ2v) is 6.58. The minimum absolute atomic E-state index is 0.00405. The van der Waals surface area contributed by atoms with Crippen LogP contribution in [0.15, 0.2) is 42.5 Å². The van der Waals surface area contributed by atoms with Crippen molar-refractivity contribution in [3.8, 4) is 5.75 Å². The molecule has 0 heterocycles. The molecule has 8 heteroatoms. The Kier molecular flexibility index (Phi) is 7.15. The van der Waals surface area contributed by atoms with E-state index in [1.54, 1.807) is 24.3 Å². The Labute approximate surface area is 167 Å². The first-order valence-electron chi connectivity index (χ1n) is 8.22. The van der Waals surface area contributed by atoms with Crippen LogP contribution in [0.1, 0.15) is 41.0 Å². The lowest BCUT2D eigenvalue weighted by Crippen LogP contribution is -2.34. The fraction of sp³-hybridized carbons (Fsp3) is 0.211. The summed E-state index contributed by atoms with van der Waals surface area (Å²) in [7, 11) is 0. The molecule has 0 aliphatic rings. The number of aromatic carboxylic acids is 1. The maximum Gasteiger partial charge on any atom is 0.335 e. The van der Waals surface area contributed by atoms with Crippen LogP contribution in [-0.2, 0) is 0 Å². The van der Waals surface area contributed by atoms with Crippen LogP contribution in [0.5, 0.6) is 5.75 Å². The van der Waals surface area contributed by atoms with E-state index < -0.39 is 11.9 Å². The van der Waals surface area contributed by atoms with Crippen LogP contribution >= 0.6 is 23.8 Å². The van der Waals surface area contributed by atoms with E-state index in [1.807, 2.05) is 13.8 Å². The number of benzene rings is 2. The molecule has 0 spiro atoms. The first-order valence-corrected chi connectivity index (χ1v) is 9.00. The van der Waals surface area contributed by atoms with Crippen molar-refractivity contribution >= 4 is 46.5 Å². The highest BCUT2D eigenvalue weighted by Gasteiger charge is 2.12. The highest BCUT2D eigenvalue weighted by molar-refractivity contribution is 7.80. The monoisotopic (exact) mass is 406 g/mol. The number of thiocarbonyl (C=S) groups is 1. The SMILES string of the molecule is CC[C@@H](C)Oc1ccc(C(=O)NC(=S)Nc2cc(C(=O)O)ccc2Cl)cc1. The maximum absolute atomic E-state index is 12.3. The van der Waals surface area contributed by atoms with Crippen molar-refractivity contribution in [3.05, 3.63) is 58.6 Å². The molecule has 0 radical (unpaired) electrons. The summed E-state index contributed by atoms with van der Waals surface area (Å²) in [6.07, 6.45) is 0.973. The molecule has 0 aliphatic carbocycles. The Morgan fingerprint density at radius 3 is 2.41 bits per heavy atom. The smallest absolute Gasteiger partial charge is 0.335 e. The first-order chi connectivity index (χ1) is 12.8. The van der Waals surface area contributed by atoms with E-state index in [9.17, 15) is 9.59 Å². The van der Waals surface area contributed by atoms with Crippen molar-refractivity contribution in [2.45, 2.75) is 26.4 Å². The summed E-state index contributed by atoms with van der Waals surface area (Å²) in [5, 5.41) is 14.6. The molecule has 0 bridgehead atoms. The van der Waals surface area contributed by atoms with Crippen molar-refractivity contribution in [2.24, 2.45) is 0 Å². The van der Waals surface area contributed by atoms with Gasteiger partial charge in [-0.1, -0.05) is 18.5 Å². The summed E-state index contributed by atoms with van der Waals surface area (Å²) < 4.78 is 5.67. The molecule has 0 aliphatic heterocycles. The van der Waals surface area contributed by atoms with Crippen molar-refractivity contribution in [3.63, 3.8) is 0 Å². The number of hydrogen-bond acceptors (Lipinski definition) is 4. The summed E-state index contributed by atoms with van der Waals surface area (Å²) >= 11 is 11.1. The minimum atomic E-state index is -1.09. The van der Waals surface area contributed by atoms with E-state index in [4.69, 9.17) is 33.7 Å². The van der Waals surface area contributed by atoms with Crippen molar-refractivity contribution in [2.75, 3.05) is 5.32 Å². The van der Waals surface area contributed by atoms with Gasteiger partial charge in [0.05, 0.1) is 22.4 Å². The van der Waals surface area contributed by atoms with E-state index in [0.717, 1.165) is 6.42 Å². The van der Waals surface area contributed by atoms with Gasteiger partial charge in [-0.05, 0) is 68.0 Å². The topological polar surface area (TPSA) is 87.7 Å². The molecule has 142 valence electrons. The number of ether oxygens (including phenoxy) is 1. The van der Waals surface area contributed by atoms with Gasteiger partial charge in [0.1, 0.15) is 5.75 Å². The standard InChI is InChI=1S/C19H19ClN2O4S/c1-3-11(2)26-14-7-4-12(5-8-14)17(23)22-19(27)21-16-10-13(18(24)25)6-9-15(16)20/h4-11H,3H2,1-2H3,(H,24,25)(H2,21,22,23,27)/t11-/m1/s1. The summed E-state index contributed by atoms with van der Waals surface area (Å²) in [5.41, 5.74) is 0.744. The lowest BCUT2D eigenvalue weighted by Gasteiger charge is -2.13. The van der Waals surface area contributed by atoms with E-state index in [0.29, 0.717) is 17.0 Å². The largest absolute Gasteiger partial charge is 0.491 e. The highest BCUT2D eigenvalue weighted by atomic mass is 35.5. The van der Waals surface area contributed by atoms with Crippen LogP contribution in [0.3, 0.4) is 0 Å². The molecule has 0 saturated heterocycles. The number of carbonyl (C=O) groups excluding carboxylic acids is 1. The third kappa shape index (κ3) is 5.94. The lowest BCUT2D eigenvalue weighted by molar-refractivity contribution is 0.0696. The lowest BCUT2D eigenvalue weighted by atomic mass is 10.2. The number of anilines is 1. The van der Waals surface area contributed by atoms with Crippen molar-refractivity contribution < 1.29 is 19.4 Å². The van der Waals surface area contributed by atoms with Gasteiger partial charge < -0.3 is 15.2 Å². The van der Waals surface area contributed by atoms with Crippen LogP contribution < -0.4 is 15.4 Å². The molecule has 0 fully saturated rings. The molecule has 3 N–H and O–H groups in total. The Morgan fingerprint density at radius 1 is 1.19 bits per heavy atom. The van der Waals surface area contributed by atoms with E-state index in [1.165, 1.54) is 18.2 Å². The number of carboxylic acid groups (broad SMARTS) is 1. The van der Waals surface area contributed by atoms with Crippen molar-refractivity contribution in [1.29, 1.82) is 0 Å². The predicted molar refractivity (Wildman–Crippen MR) is 109 cm³/mol. The van der Waals surface area contributed by atoms with Gasteiger partial charge in [0, 0.05) is 5.56 Å². The Hall–Kier alpha value is -2.64. The first kappa shape index (κ1) is 20.7. The van der Waals surface area contributed by atoms with Crippen LogP contribution in [0.2, 0.25) is 5.02 Å². The molecule has 0 aromatic heterocycles. The fourth-order valence-electron chi connectivity index (χ4n) is 2.08. The molecule has 1 atom stereocenters. The Bertz CT molecular complexity index is 855. The van der Waals surface area contributed by atoms with Crippen LogP contribution in [0.25, 0.3) is 0 Å². The zero-order chi connectivity index (χ0) is 20.0. The molecule has 0 saturated carbocycles. The van der Waals surface area contributed by atoms with Gasteiger partial charge in [-0.3, -0.25) is 10.1 Å². The van der Waals surface area contributed by atoms with Crippen LogP contribution in [0.4, 0.5) is 5.69 Å². The van der Waals surface area contributed by atoms with E-state index in [2.05, 4.69) is 10.6 Å². The Balaban J connectivity index is 2.00. The molecular formula is C19H19ClN2O4S. The average Bonchev–Trinajstić information content (AvgIpc) is 2.63. The fourth-order valence-corrected chi connectivity index (χ4v) is 2.45. The third-order valence-electron chi connectivity index (χ3n) is 3.72. The number of halogens is 1. The van der Waals surface area contributed by atoms with Gasteiger partial charge in [-0.15, -0.1) is 0 Å². The number of nitrogens with one attached hydrogen (secondary N) is 2. The average molecular weight is 407 g/mol. The van der Waals surface area contributed by atoms with Gasteiger partial charge in [-0.25, -0.2) is 4.79 Å². The summed E-state index contributed by atoms with van der Waals surface area (Å²) in [6.45, 7) is 3.99. The van der Waals surface area contributed by atoms with Gasteiger partial charge in [0.25, 0.3) is 5.91 Å². The minimum Gasteiger partial charge on any atom is -0.491 e. The second kappa shape index (κ2) is 9.34. The molecule has 2 rings (SSSR count). The molecule has 0 unspecified atom stereocenters. The molecular weight excluding hydrogens is 388 g/mol. The van der Waals surface area contributed by atoms with Crippen LogP contribution in [0, 0.1) is 0 Å². The highest BCUT2D eigenvalue weighted by Crippen LogP contribution is 2.23. The molecule has 6 nitrogen and oxygen atoms in total. The number of rotatable bonds is 6. The molecule has 2 aromatic carbocycles. The van der Waals surface area contributed by atoms with Gasteiger partial charge in [-0.2, -0.15) is 0 Å². The van der Waals surface area contributed by atoms with Gasteiger partial charge in [0.15, 0.2) is 5.11 Å². The number of hydrogen-bond donors (Lipinski definition) is 3. The number of carboxylic acids is 1. The molecule has 2 aromatic rings. The molecule has 27 heavy (non-hydrogen) atoms. The summed E-state index contributed by atoms with van der Waals surface area (Å²) in [4.78, 5) is 23.3. The molecule has 1 amide bonds. The third-order valence-corrected chi connectivity index (χ3v) is 4.25. The van der Waals surface area contributed by atoms with E-state index in [-0.39, 0.29) is 21.8 Å². The number of amides is 1. The van der Waals surface area contributed by atoms with Gasteiger partial charge in [0.2, 0.25) is 0 Å². The van der Waals surface area contributed by atoms with Crippen LogP contribution in [-0.4, -0.2) is 28.2 Å². The quantitative estimate of drug-likeness (QED) is 0.618. The summed E-state index contributed by atoms with van der Waals surface area (Å²) in [6, 6.07) is 10.8. The maximum atomic E-state index is 12.3. The number of carbonyl (C=O) groups is 2.